The van der Waals surface area contributed by atoms with Crippen molar-refractivity contribution in [2.24, 2.45) is 0 Å². The molecule has 94 valence electrons. The summed E-state index contributed by atoms with van der Waals surface area (Å²) in [4.78, 5) is 11.8. The highest BCUT2D eigenvalue weighted by Crippen LogP contribution is 2.18. The zero-order valence-electron chi connectivity index (χ0n) is 10.7. The van der Waals surface area contributed by atoms with Crippen molar-refractivity contribution < 1.29 is 9.21 Å². The highest BCUT2D eigenvalue weighted by molar-refractivity contribution is 5.91. The summed E-state index contributed by atoms with van der Waals surface area (Å²) in [6.07, 6.45) is 2.68. The number of hydrogen-bond acceptors (Lipinski definition) is 2. The van der Waals surface area contributed by atoms with Gasteiger partial charge in [-0.25, -0.2) is 0 Å². The molecule has 0 radical (unpaired) electrons. The molecule has 0 spiro atoms. The maximum Gasteiger partial charge on any atom is 0.224 e. The van der Waals surface area contributed by atoms with Crippen LogP contribution >= 0.6 is 0 Å². The summed E-state index contributed by atoms with van der Waals surface area (Å²) in [5.74, 6) is 0.853. The molecule has 0 aliphatic rings. The minimum atomic E-state index is 0.0140. The number of carbonyl (C=O) groups is 1. The van der Waals surface area contributed by atoms with Crippen LogP contribution in [-0.2, 0) is 11.2 Å². The largest absolute Gasteiger partial charge is 0.469 e. The van der Waals surface area contributed by atoms with Gasteiger partial charge in [0.05, 0.1) is 6.26 Å². The smallest absolute Gasteiger partial charge is 0.224 e. The molecule has 2 rings (SSSR count). The van der Waals surface area contributed by atoms with E-state index in [9.17, 15) is 4.79 Å². The second kappa shape index (κ2) is 5.54. The highest BCUT2D eigenvalue weighted by Gasteiger charge is 2.07. The van der Waals surface area contributed by atoms with Crippen molar-refractivity contribution in [1.82, 2.24) is 0 Å². The van der Waals surface area contributed by atoms with Gasteiger partial charge < -0.3 is 9.73 Å². The summed E-state index contributed by atoms with van der Waals surface area (Å²) in [5, 5.41) is 2.93. The van der Waals surface area contributed by atoms with Crippen LogP contribution in [0.4, 0.5) is 5.69 Å². The van der Waals surface area contributed by atoms with E-state index in [0.717, 1.165) is 17.0 Å². The van der Waals surface area contributed by atoms with Crippen LogP contribution in [0.5, 0.6) is 0 Å². The van der Waals surface area contributed by atoms with Crippen molar-refractivity contribution in [1.29, 1.82) is 0 Å². The molecule has 0 aliphatic carbocycles. The number of hydrogen-bond donors (Lipinski definition) is 1. The van der Waals surface area contributed by atoms with Crippen LogP contribution in [0.2, 0.25) is 0 Å². The van der Waals surface area contributed by atoms with Crippen LogP contribution in [0.1, 0.15) is 23.3 Å². The monoisotopic (exact) mass is 243 g/mol. The normalized spacial score (nSPS) is 10.3. The van der Waals surface area contributed by atoms with E-state index >= 15 is 0 Å². The number of rotatable bonds is 4. The molecule has 3 nitrogen and oxygen atoms in total. The Morgan fingerprint density at radius 3 is 2.78 bits per heavy atom. The van der Waals surface area contributed by atoms with Gasteiger partial charge >= 0.3 is 0 Å². The van der Waals surface area contributed by atoms with Gasteiger partial charge in [0.1, 0.15) is 5.76 Å². The third kappa shape index (κ3) is 3.00. The Hall–Kier alpha value is -2.03. The molecule has 0 fully saturated rings. The Morgan fingerprint density at radius 2 is 2.06 bits per heavy atom. The van der Waals surface area contributed by atoms with Crippen molar-refractivity contribution in [3.8, 4) is 0 Å². The van der Waals surface area contributed by atoms with Crippen molar-refractivity contribution in [2.45, 2.75) is 26.7 Å². The molecule has 0 bridgehead atoms. The van der Waals surface area contributed by atoms with Crippen molar-refractivity contribution in [3.05, 3.63) is 53.5 Å². The molecule has 3 heteroatoms. The first-order valence-electron chi connectivity index (χ1n) is 6.05. The molecule has 0 aliphatic heterocycles. The number of anilines is 1. The Labute approximate surface area is 107 Å². The van der Waals surface area contributed by atoms with Crippen LogP contribution in [-0.4, -0.2) is 5.91 Å². The summed E-state index contributed by atoms with van der Waals surface area (Å²) in [6.45, 7) is 4.05. The van der Waals surface area contributed by atoms with Crippen LogP contribution in [0.3, 0.4) is 0 Å². The lowest BCUT2D eigenvalue weighted by Gasteiger charge is -2.09. The SMILES string of the molecule is Cc1cccc(NC(=O)CCc2ccco2)c1C. The summed E-state index contributed by atoms with van der Waals surface area (Å²) in [6, 6.07) is 9.62. The van der Waals surface area contributed by atoms with E-state index < -0.39 is 0 Å². The number of amides is 1. The first kappa shape index (κ1) is 12.4. The average molecular weight is 243 g/mol. The first-order chi connectivity index (χ1) is 8.66. The van der Waals surface area contributed by atoms with Gasteiger partial charge in [0.2, 0.25) is 5.91 Å². The highest BCUT2D eigenvalue weighted by atomic mass is 16.3. The van der Waals surface area contributed by atoms with Crippen molar-refractivity contribution in [3.63, 3.8) is 0 Å². The van der Waals surface area contributed by atoms with Crippen LogP contribution in [0.25, 0.3) is 0 Å². The maximum atomic E-state index is 11.8. The van der Waals surface area contributed by atoms with Gasteiger partial charge in [0.25, 0.3) is 0 Å². The van der Waals surface area contributed by atoms with E-state index in [-0.39, 0.29) is 5.91 Å². The van der Waals surface area contributed by atoms with Gasteiger partial charge in [-0.3, -0.25) is 4.79 Å². The summed E-state index contributed by atoms with van der Waals surface area (Å²) in [7, 11) is 0. The van der Waals surface area contributed by atoms with Crippen LogP contribution in [0.15, 0.2) is 41.0 Å². The predicted molar refractivity (Wildman–Crippen MR) is 71.6 cm³/mol. The lowest BCUT2D eigenvalue weighted by molar-refractivity contribution is -0.116. The van der Waals surface area contributed by atoms with E-state index in [1.165, 1.54) is 5.56 Å². The summed E-state index contributed by atoms with van der Waals surface area (Å²) >= 11 is 0. The van der Waals surface area contributed by atoms with Crippen molar-refractivity contribution in [2.75, 3.05) is 5.32 Å². The first-order valence-corrected chi connectivity index (χ1v) is 6.05. The molecule has 0 saturated carbocycles. The molecule has 1 N–H and O–H groups in total. The van der Waals surface area contributed by atoms with E-state index in [2.05, 4.69) is 5.32 Å². The Kier molecular flexibility index (Phi) is 3.82. The average Bonchev–Trinajstić information content (AvgIpc) is 2.86. The van der Waals surface area contributed by atoms with Gasteiger partial charge in [0, 0.05) is 18.5 Å². The van der Waals surface area contributed by atoms with Crippen LogP contribution < -0.4 is 5.32 Å². The molecule has 18 heavy (non-hydrogen) atoms. The van der Waals surface area contributed by atoms with Crippen LogP contribution in [0, 0.1) is 13.8 Å². The van der Waals surface area contributed by atoms with Gasteiger partial charge in [-0.05, 0) is 43.2 Å². The van der Waals surface area contributed by atoms with E-state index in [4.69, 9.17) is 4.42 Å². The quantitative estimate of drug-likeness (QED) is 0.893. The molecule has 2 aromatic rings. The topological polar surface area (TPSA) is 42.2 Å². The Bertz CT molecular complexity index is 529. The van der Waals surface area contributed by atoms with E-state index in [1.54, 1.807) is 6.26 Å². The molecule has 0 saturated heterocycles. The van der Waals surface area contributed by atoms with Gasteiger partial charge in [0.15, 0.2) is 0 Å². The standard InChI is InChI=1S/C15H17NO2/c1-11-5-3-7-14(12(11)2)16-15(17)9-8-13-6-4-10-18-13/h3-7,10H,8-9H2,1-2H3,(H,16,17). The third-order valence-corrected chi connectivity index (χ3v) is 3.06. The molecule has 1 aromatic heterocycles. The molecule has 1 aromatic carbocycles. The zero-order chi connectivity index (χ0) is 13.0. The Morgan fingerprint density at radius 1 is 1.22 bits per heavy atom. The third-order valence-electron chi connectivity index (χ3n) is 3.06. The van der Waals surface area contributed by atoms with Gasteiger partial charge in [-0.1, -0.05) is 12.1 Å². The zero-order valence-corrected chi connectivity index (χ0v) is 10.7. The second-order valence-electron chi connectivity index (χ2n) is 4.38. The molecule has 1 heterocycles. The van der Waals surface area contributed by atoms with Gasteiger partial charge in [-0.2, -0.15) is 0 Å². The lowest BCUT2D eigenvalue weighted by atomic mass is 10.1. The minimum Gasteiger partial charge on any atom is -0.469 e. The number of carbonyl (C=O) groups excluding carboxylic acids is 1. The number of nitrogens with one attached hydrogen (secondary N) is 1. The predicted octanol–water partition coefficient (Wildman–Crippen LogP) is 3.47. The Balaban J connectivity index is 1.93. The number of benzene rings is 1. The van der Waals surface area contributed by atoms with Gasteiger partial charge in [-0.15, -0.1) is 0 Å². The minimum absolute atomic E-state index is 0.0140. The molecular formula is C15H17NO2. The summed E-state index contributed by atoms with van der Waals surface area (Å²) in [5.41, 5.74) is 3.18. The second-order valence-corrected chi connectivity index (χ2v) is 4.38. The van der Waals surface area contributed by atoms with E-state index in [0.29, 0.717) is 12.8 Å². The summed E-state index contributed by atoms with van der Waals surface area (Å²) < 4.78 is 5.20. The maximum absolute atomic E-state index is 11.8. The lowest BCUT2D eigenvalue weighted by Crippen LogP contribution is -2.13. The molecule has 1 amide bonds. The fourth-order valence-electron chi connectivity index (χ4n) is 1.79. The number of aryl methyl sites for hydroxylation is 2. The fraction of sp³-hybridized carbons (Fsp3) is 0.267. The molecular weight excluding hydrogens is 226 g/mol. The van der Waals surface area contributed by atoms with E-state index in [1.807, 2.05) is 44.2 Å². The molecule has 0 unspecified atom stereocenters. The van der Waals surface area contributed by atoms with Crippen molar-refractivity contribution >= 4 is 11.6 Å². The fourth-order valence-corrected chi connectivity index (χ4v) is 1.79. The molecule has 0 atom stereocenters. The number of furan rings is 1.